The van der Waals surface area contributed by atoms with Crippen molar-refractivity contribution < 1.29 is 17.5 Å². The van der Waals surface area contributed by atoms with Crippen LogP contribution in [0.3, 0.4) is 0 Å². The molecule has 3 N–H and O–H groups in total. The summed E-state index contributed by atoms with van der Waals surface area (Å²) in [6.07, 6.45) is 8.61. The molecule has 3 fully saturated rings. The van der Waals surface area contributed by atoms with Crippen LogP contribution >= 0.6 is 12.4 Å². The van der Waals surface area contributed by atoms with Gasteiger partial charge in [-0.3, -0.25) is 4.72 Å². The highest BCUT2D eigenvalue weighted by atomic mass is 35.5. The number of rotatable bonds is 9. The Balaban J connectivity index is 0.00000329. The highest BCUT2D eigenvalue weighted by Gasteiger charge is 2.63. The smallest absolute Gasteiger partial charge is 0.233 e. The topological polar surface area (TPSA) is 118 Å². The third kappa shape index (κ3) is 6.11. The number of aromatic nitrogens is 3. The lowest BCUT2D eigenvalue weighted by Gasteiger charge is -2.23. The Labute approximate surface area is 256 Å². The van der Waals surface area contributed by atoms with E-state index in [-0.39, 0.29) is 41.2 Å². The van der Waals surface area contributed by atoms with Gasteiger partial charge in [0.1, 0.15) is 11.6 Å². The number of sulfonamides is 1. The molecule has 12 heteroatoms. The van der Waals surface area contributed by atoms with Crippen LogP contribution in [0.1, 0.15) is 37.7 Å². The summed E-state index contributed by atoms with van der Waals surface area (Å²) in [5.41, 5.74) is 2.28. The molecule has 0 bridgehead atoms. The number of hydrogen-bond acceptors (Lipinski definition) is 8. The summed E-state index contributed by atoms with van der Waals surface area (Å²) in [5.74, 6) is 0.866. The number of anilines is 2. The van der Waals surface area contributed by atoms with Gasteiger partial charge in [-0.1, -0.05) is 12.1 Å². The predicted octanol–water partition coefficient (Wildman–Crippen LogP) is 6.06. The predicted molar refractivity (Wildman–Crippen MR) is 168 cm³/mol. The molecule has 7 rings (SSSR count). The number of hydrogen-bond donors (Lipinski definition) is 3. The van der Waals surface area contributed by atoms with Gasteiger partial charge in [-0.2, -0.15) is 0 Å². The van der Waals surface area contributed by atoms with Crippen LogP contribution < -0.4 is 20.1 Å². The molecule has 1 saturated heterocycles. The molecule has 2 atom stereocenters. The number of nitrogens with zero attached hydrogens (tertiary/aromatic N) is 3. The standard InChI is InChI=1S/C31H33FN6O3S.ClH/c1-19-6-7-22-23(8-9-25(32)27(22)38-42(39,40)18-20-16-31(20)11-12-31)28(19)41-29-24(5-3-14-34-29)26-10-15-35-30(37-26)36-21-4-2-13-33-17-21;/h3,5-10,14-15,20-21,33,38H,2,4,11-13,16-18H2,1H3,(H,35,36,37);1H/t20-,21-;/m0./s1. The summed E-state index contributed by atoms with van der Waals surface area (Å²) in [6.45, 7) is 3.76. The monoisotopic (exact) mass is 624 g/mol. The van der Waals surface area contributed by atoms with Crippen molar-refractivity contribution in [3.8, 4) is 22.9 Å². The van der Waals surface area contributed by atoms with E-state index >= 15 is 4.39 Å². The first-order chi connectivity index (χ1) is 20.3. The van der Waals surface area contributed by atoms with Crippen LogP contribution in [-0.4, -0.2) is 48.3 Å². The minimum Gasteiger partial charge on any atom is -0.437 e. The number of aryl methyl sites for hydroxylation is 1. The second-order valence-electron chi connectivity index (χ2n) is 11.8. The molecular weight excluding hydrogens is 591 g/mol. The second-order valence-corrected chi connectivity index (χ2v) is 13.6. The molecule has 1 spiro atoms. The van der Waals surface area contributed by atoms with Gasteiger partial charge < -0.3 is 15.4 Å². The van der Waals surface area contributed by atoms with E-state index in [0.717, 1.165) is 50.8 Å². The van der Waals surface area contributed by atoms with Crippen molar-refractivity contribution in [1.29, 1.82) is 0 Å². The zero-order valence-electron chi connectivity index (χ0n) is 23.8. The van der Waals surface area contributed by atoms with E-state index in [9.17, 15) is 8.42 Å². The molecule has 2 aromatic heterocycles. The van der Waals surface area contributed by atoms with Gasteiger partial charge in [0.2, 0.25) is 21.9 Å². The van der Waals surface area contributed by atoms with E-state index < -0.39 is 15.8 Å². The van der Waals surface area contributed by atoms with E-state index in [4.69, 9.17) is 9.72 Å². The molecule has 4 aromatic rings. The maximum absolute atomic E-state index is 15.1. The molecule has 43 heavy (non-hydrogen) atoms. The van der Waals surface area contributed by atoms with Gasteiger partial charge in [0, 0.05) is 35.8 Å². The summed E-state index contributed by atoms with van der Waals surface area (Å²) in [7, 11) is -3.72. The van der Waals surface area contributed by atoms with E-state index in [1.54, 1.807) is 36.7 Å². The van der Waals surface area contributed by atoms with E-state index in [0.29, 0.717) is 39.6 Å². The molecule has 2 aromatic carbocycles. The third-order valence-electron chi connectivity index (χ3n) is 8.76. The minimum atomic E-state index is -3.72. The summed E-state index contributed by atoms with van der Waals surface area (Å²) < 4.78 is 50.1. The maximum Gasteiger partial charge on any atom is 0.233 e. The van der Waals surface area contributed by atoms with Crippen LogP contribution in [0.25, 0.3) is 22.0 Å². The number of halogens is 2. The fourth-order valence-corrected chi connectivity index (χ4v) is 7.70. The van der Waals surface area contributed by atoms with Gasteiger partial charge in [-0.25, -0.2) is 27.8 Å². The Morgan fingerprint density at radius 2 is 1.93 bits per heavy atom. The SMILES string of the molecule is Cc1ccc2c(NS(=O)(=O)C[C@@H]3CC34CC4)c(F)ccc2c1Oc1ncccc1-c1ccnc(N[C@H]2CCCNC2)n1.Cl. The fourth-order valence-electron chi connectivity index (χ4n) is 6.10. The van der Waals surface area contributed by atoms with Crippen LogP contribution in [-0.2, 0) is 10.0 Å². The Morgan fingerprint density at radius 1 is 1.09 bits per heavy atom. The highest BCUT2D eigenvalue weighted by molar-refractivity contribution is 7.92. The highest BCUT2D eigenvalue weighted by Crippen LogP contribution is 2.70. The molecule has 0 unspecified atom stereocenters. The first kappa shape index (κ1) is 29.5. The number of piperidine rings is 1. The Kier molecular flexibility index (Phi) is 7.91. The normalized spacial score (nSPS) is 20.3. The van der Waals surface area contributed by atoms with Crippen LogP contribution in [0.2, 0.25) is 0 Å². The number of ether oxygens (including phenoxy) is 1. The van der Waals surface area contributed by atoms with Crippen LogP contribution in [0.5, 0.6) is 11.6 Å². The lowest BCUT2D eigenvalue weighted by Crippen LogP contribution is -2.38. The van der Waals surface area contributed by atoms with Crippen molar-refractivity contribution in [3.63, 3.8) is 0 Å². The largest absolute Gasteiger partial charge is 0.437 e. The average molecular weight is 625 g/mol. The molecule has 3 heterocycles. The molecule has 2 aliphatic carbocycles. The van der Waals surface area contributed by atoms with Crippen molar-refractivity contribution in [2.24, 2.45) is 11.3 Å². The Morgan fingerprint density at radius 3 is 2.70 bits per heavy atom. The summed E-state index contributed by atoms with van der Waals surface area (Å²) >= 11 is 0. The molecule has 226 valence electrons. The van der Waals surface area contributed by atoms with Crippen molar-refractivity contribution in [2.45, 2.75) is 45.1 Å². The quantitative estimate of drug-likeness (QED) is 0.206. The number of nitrogens with one attached hydrogen (secondary N) is 3. The number of fused-ring (bicyclic) bond motifs is 1. The van der Waals surface area contributed by atoms with E-state index in [2.05, 4.69) is 25.3 Å². The molecule has 2 saturated carbocycles. The van der Waals surface area contributed by atoms with Crippen LogP contribution in [0.4, 0.5) is 16.0 Å². The average Bonchev–Trinajstić information content (AvgIpc) is 3.90. The van der Waals surface area contributed by atoms with Gasteiger partial charge in [-0.05, 0) is 92.8 Å². The minimum absolute atomic E-state index is 0. The first-order valence-electron chi connectivity index (χ1n) is 14.5. The fraction of sp³-hybridized carbons (Fsp3) is 0.387. The number of pyridine rings is 1. The van der Waals surface area contributed by atoms with Crippen molar-refractivity contribution >= 4 is 44.8 Å². The number of benzene rings is 2. The van der Waals surface area contributed by atoms with Crippen LogP contribution in [0.15, 0.2) is 54.9 Å². The molecular formula is C31H34ClFN6O3S. The van der Waals surface area contributed by atoms with Gasteiger partial charge >= 0.3 is 0 Å². The van der Waals surface area contributed by atoms with Gasteiger partial charge in [0.05, 0.1) is 22.7 Å². The summed E-state index contributed by atoms with van der Waals surface area (Å²) in [4.78, 5) is 13.6. The third-order valence-corrected chi connectivity index (χ3v) is 10.1. The summed E-state index contributed by atoms with van der Waals surface area (Å²) in [5, 5.41) is 7.79. The Bertz CT molecular complexity index is 1780. The first-order valence-corrected chi connectivity index (χ1v) is 16.1. The molecule has 1 aliphatic heterocycles. The van der Waals surface area contributed by atoms with Crippen molar-refractivity contribution in [2.75, 3.05) is 28.9 Å². The molecule has 0 radical (unpaired) electrons. The van der Waals surface area contributed by atoms with Crippen molar-refractivity contribution in [3.05, 3.63) is 66.2 Å². The second kappa shape index (κ2) is 11.5. The van der Waals surface area contributed by atoms with Gasteiger partial charge in [-0.15, -0.1) is 12.4 Å². The molecule has 0 amide bonds. The van der Waals surface area contributed by atoms with Gasteiger partial charge in [0.15, 0.2) is 0 Å². The van der Waals surface area contributed by atoms with Crippen molar-refractivity contribution in [1.82, 2.24) is 20.3 Å². The lowest BCUT2D eigenvalue weighted by molar-refractivity contribution is 0.466. The lowest BCUT2D eigenvalue weighted by atomic mass is 10.0. The molecule has 3 aliphatic rings. The summed E-state index contributed by atoms with van der Waals surface area (Å²) in [6, 6.07) is 12.1. The van der Waals surface area contributed by atoms with Gasteiger partial charge in [0.25, 0.3) is 0 Å². The van der Waals surface area contributed by atoms with E-state index in [1.165, 1.54) is 6.07 Å². The zero-order chi connectivity index (χ0) is 28.9. The van der Waals surface area contributed by atoms with Crippen LogP contribution in [0, 0.1) is 24.1 Å². The molecule has 9 nitrogen and oxygen atoms in total. The van der Waals surface area contributed by atoms with E-state index in [1.807, 2.05) is 19.1 Å². The zero-order valence-corrected chi connectivity index (χ0v) is 25.4. The Hall–Kier alpha value is -3.54. The maximum atomic E-state index is 15.1.